The van der Waals surface area contributed by atoms with E-state index in [1.807, 2.05) is 63.2 Å². The third kappa shape index (κ3) is 2.78. The quantitative estimate of drug-likeness (QED) is 0.763. The average Bonchev–Trinajstić information content (AvgIpc) is 2.96. The number of nitrogens with zero attached hydrogens (tertiary/aromatic N) is 2. The highest BCUT2D eigenvalue weighted by molar-refractivity contribution is 7.91. The van der Waals surface area contributed by atoms with Gasteiger partial charge in [-0.2, -0.15) is 0 Å². The lowest BCUT2D eigenvalue weighted by Crippen LogP contribution is -2.38. The highest BCUT2D eigenvalue weighted by Crippen LogP contribution is 2.38. The number of rotatable bonds is 2. The minimum atomic E-state index is -3.17. The van der Waals surface area contributed by atoms with Crippen molar-refractivity contribution in [3.63, 3.8) is 0 Å². The summed E-state index contributed by atoms with van der Waals surface area (Å²) in [4.78, 5) is 16.6. The molecule has 0 bridgehead atoms. The van der Waals surface area contributed by atoms with Crippen LogP contribution in [0.2, 0.25) is 0 Å². The maximum Gasteiger partial charge on any atom is 0.329 e. The Morgan fingerprint density at radius 3 is 1.81 bits per heavy atom. The van der Waals surface area contributed by atoms with E-state index in [0.717, 1.165) is 28.1 Å². The molecule has 2 fully saturated rings. The summed E-state index contributed by atoms with van der Waals surface area (Å²) >= 11 is 0. The minimum absolute atomic E-state index is 0.0125. The van der Waals surface area contributed by atoms with Crippen molar-refractivity contribution in [2.45, 2.75) is 32.9 Å². The van der Waals surface area contributed by atoms with Gasteiger partial charge in [-0.15, -0.1) is 0 Å². The number of benzene rings is 2. The first kappa shape index (κ1) is 17.1. The SMILES string of the molecule is Cc1ccc(N2C(=O)N(c3cc(C)cc(C)c3)[C@H]3CS(=O)(=O)C[C@@H]32)cc1. The fourth-order valence-corrected chi connectivity index (χ4v) is 6.02. The molecule has 0 aromatic heterocycles. The molecule has 2 aromatic carbocycles. The summed E-state index contributed by atoms with van der Waals surface area (Å²) in [6.07, 6.45) is 0. The lowest BCUT2D eigenvalue weighted by molar-refractivity contribution is 0.255. The van der Waals surface area contributed by atoms with E-state index in [9.17, 15) is 13.2 Å². The Morgan fingerprint density at radius 1 is 0.769 bits per heavy atom. The van der Waals surface area contributed by atoms with Gasteiger partial charge in [-0.05, 0) is 56.2 Å². The van der Waals surface area contributed by atoms with E-state index >= 15 is 0 Å². The van der Waals surface area contributed by atoms with Crippen LogP contribution < -0.4 is 9.80 Å². The Hall–Kier alpha value is -2.34. The van der Waals surface area contributed by atoms with Gasteiger partial charge in [0.15, 0.2) is 9.84 Å². The molecule has 0 unspecified atom stereocenters. The average molecular weight is 370 g/mol. The van der Waals surface area contributed by atoms with Gasteiger partial charge < -0.3 is 0 Å². The molecule has 0 radical (unpaired) electrons. The Labute approximate surface area is 154 Å². The summed E-state index contributed by atoms with van der Waals surface area (Å²) in [6, 6.07) is 12.8. The molecule has 2 heterocycles. The van der Waals surface area contributed by atoms with Gasteiger partial charge in [-0.25, -0.2) is 13.2 Å². The van der Waals surface area contributed by atoms with Gasteiger partial charge in [0.2, 0.25) is 0 Å². The van der Waals surface area contributed by atoms with E-state index in [1.54, 1.807) is 9.80 Å². The number of aryl methyl sites for hydroxylation is 3. The summed E-state index contributed by atoms with van der Waals surface area (Å²) in [6.45, 7) is 5.95. The number of amides is 2. The van der Waals surface area contributed by atoms with E-state index in [4.69, 9.17) is 0 Å². The third-order valence-electron chi connectivity index (χ3n) is 5.17. The summed E-state index contributed by atoms with van der Waals surface area (Å²) in [5, 5.41) is 0. The van der Waals surface area contributed by atoms with Gasteiger partial charge in [-0.1, -0.05) is 23.8 Å². The van der Waals surface area contributed by atoms with Crippen LogP contribution in [0.4, 0.5) is 16.2 Å². The number of sulfone groups is 1. The number of urea groups is 1. The zero-order valence-corrected chi connectivity index (χ0v) is 16.0. The van der Waals surface area contributed by atoms with Crippen molar-refractivity contribution in [1.29, 1.82) is 0 Å². The molecule has 2 saturated heterocycles. The van der Waals surface area contributed by atoms with Gasteiger partial charge in [0.25, 0.3) is 0 Å². The van der Waals surface area contributed by atoms with Crippen LogP contribution in [0.1, 0.15) is 16.7 Å². The normalized spacial score (nSPS) is 24.2. The summed E-state index contributed by atoms with van der Waals surface area (Å²) < 4.78 is 24.7. The van der Waals surface area contributed by atoms with Crippen molar-refractivity contribution >= 4 is 27.2 Å². The smallest absolute Gasteiger partial charge is 0.288 e. The Morgan fingerprint density at radius 2 is 1.27 bits per heavy atom. The molecular formula is C20H22N2O3S. The van der Waals surface area contributed by atoms with Crippen molar-refractivity contribution in [3.05, 3.63) is 59.2 Å². The third-order valence-corrected chi connectivity index (χ3v) is 6.86. The second-order valence-corrected chi connectivity index (χ2v) is 9.57. The molecule has 2 atom stereocenters. The minimum Gasteiger partial charge on any atom is -0.288 e. The van der Waals surface area contributed by atoms with Gasteiger partial charge in [0, 0.05) is 11.4 Å². The van der Waals surface area contributed by atoms with E-state index in [1.165, 1.54) is 0 Å². The first-order chi connectivity index (χ1) is 12.2. The molecule has 0 spiro atoms. The van der Waals surface area contributed by atoms with E-state index in [0.29, 0.717) is 0 Å². The highest BCUT2D eigenvalue weighted by Gasteiger charge is 2.54. The highest BCUT2D eigenvalue weighted by atomic mass is 32.2. The molecule has 0 saturated carbocycles. The summed E-state index contributed by atoms with van der Waals surface area (Å²) in [5.41, 5.74) is 4.73. The number of fused-ring (bicyclic) bond motifs is 1. The van der Waals surface area contributed by atoms with Crippen LogP contribution in [0.5, 0.6) is 0 Å². The van der Waals surface area contributed by atoms with Gasteiger partial charge >= 0.3 is 6.03 Å². The second kappa shape index (κ2) is 5.84. The molecule has 2 aliphatic rings. The lowest BCUT2D eigenvalue weighted by Gasteiger charge is -2.23. The van der Waals surface area contributed by atoms with Gasteiger partial charge in [0.1, 0.15) is 0 Å². The molecule has 0 N–H and O–H groups in total. The maximum atomic E-state index is 13.3. The molecule has 5 nitrogen and oxygen atoms in total. The fourth-order valence-electron chi connectivity index (χ4n) is 4.10. The van der Waals surface area contributed by atoms with Crippen molar-refractivity contribution in [1.82, 2.24) is 0 Å². The van der Waals surface area contributed by atoms with Gasteiger partial charge in [0.05, 0.1) is 23.6 Å². The molecule has 4 rings (SSSR count). The van der Waals surface area contributed by atoms with Gasteiger partial charge in [-0.3, -0.25) is 9.80 Å². The Balaban J connectivity index is 1.82. The van der Waals surface area contributed by atoms with Crippen LogP contribution in [0.15, 0.2) is 42.5 Å². The maximum absolute atomic E-state index is 13.3. The Kier molecular flexibility index (Phi) is 3.84. The molecule has 2 amide bonds. The molecule has 0 aliphatic carbocycles. The van der Waals surface area contributed by atoms with Crippen LogP contribution in [0.3, 0.4) is 0 Å². The van der Waals surface area contributed by atoms with Crippen LogP contribution in [0, 0.1) is 20.8 Å². The molecule has 136 valence electrons. The lowest BCUT2D eigenvalue weighted by atomic mass is 10.1. The molecule has 6 heteroatoms. The standard InChI is InChI=1S/C20H22N2O3S/c1-13-4-6-16(7-5-13)21-18-11-26(24,25)12-19(18)22(20(21)23)17-9-14(2)8-15(3)10-17/h4-10,18-19H,11-12H2,1-3H3/t18-,19-/m0/s1. The molecule has 2 aromatic rings. The summed E-state index contributed by atoms with van der Waals surface area (Å²) in [5.74, 6) is 0.0251. The molecular weight excluding hydrogens is 348 g/mol. The van der Waals surface area contributed by atoms with E-state index < -0.39 is 9.84 Å². The molecule has 26 heavy (non-hydrogen) atoms. The van der Waals surface area contributed by atoms with Crippen LogP contribution >= 0.6 is 0 Å². The van der Waals surface area contributed by atoms with Crippen molar-refractivity contribution in [2.24, 2.45) is 0 Å². The van der Waals surface area contributed by atoms with Crippen molar-refractivity contribution < 1.29 is 13.2 Å². The van der Waals surface area contributed by atoms with E-state index in [-0.39, 0.29) is 29.6 Å². The first-order valence-corrected chi connectivity index (χ1v) is 10.6. The number of hydrogen-bond acceptors (Lipinski definition) is 3. The number of anilines is 2. The number of hydrogen-bond donors (Lipinski definition) is 0. The molecule has 2 aliphatic heterocycles. The second-order valence-electron chi connectivity index (χ2n) is 7.42. The summed E-state index contributed by atoms with van der Waals surface area (Å²) in [7, 11) is -3.17. The zero-order valence-electron chi connectivity index (χ0n) is 15.1. The van der Waals surface area contributed by atoms with Crippen LogP contribution in [-0.2, 0) is 9.84 Å². The Bertz CT molecular complexity index is 962. The van der Waals surface area contributed by atoms with Crippen molar-refractivity contribution in [3.8, 4) is 0 Å². The monoisotopic (exact) mass is 370 g/mol. The zero-order chi connectivity index (χ0) is 18.6. The van der Waals surface area contributed by atoms with Crippen molar-refractivity contribution in [2.75, 3.05) is 21.3 Å². The van der Waals surface area contributed by atoms with Crippen LogP contribution in [-0.4, -0.2) is 38.0 Å². The predicted molar refractivity (Wildman–Crippen MR) is 104 cm³/mol. The number of carbonyl (C=O) groups excluding carboxylic acids is 1. The van der Waals surface area contributed by atoms with Crippen LogP contribution in [0.25, 0.3) is 0 Å². The predicted octanol–water partition coefficient (Wildman–Crippen LogP) is 3.22. The first-order valence-electron chi connectivity index (χ1n) is 8.73. The topological polar surface area (TPSA) is 57.7 Å². The number of carbonyl (C=O) groups is 1. The fraction of sp³-hybridized carbons (Fsp3) is 0.350. The largest absolute Gasteiger partial charge is 0.329 e. The van der Waals surface area contributed by atoms with E-state index in [2.05, 4.69) is 0 Å².